The Kier molecular flexibility index (Phi) is 3.31. The molecule has 4 rings (SSSR count). The number of amides is 2. The van der Waals surface area contributed by atoms with Gasteiger partial charge >= 0.3 is 0 Å². The number of aromatic nitrogens is 2. The Morgan fingerprint density at radius 1 is 1.21 bits per heavy atom. The molecule has 2 aromatic heterocycles. The molecule has 0 saturated carbocycles. The molecule has 2 amide bonds. The molecule has 0 radical (unpaired) electrons. The normalized spacial score (nSPS) is 12.9. The number of rotatable bonds is 2. The number of carbonyl (C=O) groups is 2. The first-order valence-electron chi connectivity index (χ1n) is 7.28. The molecule has 1 aromatic carbocycles. The standard InChI is InChI=1S/C17H12N4O3/c22-14-9-24-13-7-11(8-19-16(13)21-14)20-17(23)12-5-1-3-10-4-2-6-18-15(10)12/h1-8H,9H2,(H,20,23)(H,19,21,22). The summed E-state index contributed by atoms with van der Waals surface area (Å²) in [7, 11) is 0. The topological polar surface area (TPSA) is 93.2 Å². The maximum atomic E-state index is 12.6. The Hall–Kier alpha value is -3.48. The maximum absolute atomic E-state index is 12.6. The number of nitrogens with zero attached hydrogens (tertiary/aromatic N) is 2. The number of carbonyl (C=O) groups excluding carboxylic acids is 2. The van der Waals surface area contributed by atoms with E-state index in [9.17, 15) is 9.59 Å². The summed E-state index contributed by atoms with van der Waals surface area (Å²) in [6.07, 6.45) is 3.11. The number of hydrogen-bond acceptors (Lipinski definition) is 5. The van der Waals surface area contributed by atoms with Gasteiger partial charge in [0.15, 0.2) is 18.2 Å². The van der Waals surface area contributed by atoms with Gasteiger partial charge in [0, 0.05) is 17.6 Å². The van der Waals surface area contributed by atoms with Crippen molar-refractivity contribution in [2.75, 3.05) is 17.2 Å². The van der Waals surface area contributed by atoms with Gasteiger partial charge in [-0.05, 0) is 12.1 Å². The number of nitrogens with one attached hydrogen (secondary N) is 2. The van der Waals surface area contributed by atoms with E-state index in [0.717, 1.165) is 5.39 Å². The highest BCUT2D eigenvalue weighted by Crippen LogP contribution is 2.28. The first-order valence-corrected chi connectivity index (χ1v) is 7.28. The average Bonchev–Trinajstić information content (AvgIpc) is 2.61. The lowest BCUT2D eigenvalue weighted by Gasteiger charge is -2.17. The van der Waals surface area contributed by atoms with Crippen LogP contribution >= 0.6 is 0 Å². The van der Waals surface area contributed by atoms with E-state index in [1.807, 2.05) is 24.3 Å². The quantitative estimate of drug-likeness (QED) is 0.755. The number of ether oxygens (including phenoxy) is 1. The van der Waals surface area contributed by atoms with Crippen molar-refractivity contribution >= 4 is 34.2 Å². The van der Waals surface area contributed by atoms with Crippen molar-refractivity contribution in [3.05, 3.63) is 54.4 Å². The minimum Gasteiger partial charge on any atom is -0.480 e. The second-order valence-electron chi connectivity index (χ2n) is 5.24. The number of pyridine rings is 2. The summed E-state index contributed by atoms with van der Waals surface area (Å²) >= 11 is 0. The zero-order valence-corrected chi connectivity index (χ0v) is 12.4. The molecule has 3 heterocycles. The molecule has 0 atom stereocenters. The summed E-state index contributed by atoms with van der Waals surface area (Å²) in [6.45, 7) is -0.0701. The lowest BCUT2D eigenvalue weighted by atomic mass is 10.1. The van der Waals surface area contributed by atoms with Crippen LogP contribution in [0.4, 0.5) is 11.5 Å². The van der Waals surface area contributed by atoms with Crippen molar-refractivity contribution in [3.8, 4) is 5.75 Å². The fourth-order valence-corrected chi connectivity index (χ4v) is 2.51. The van der Waals surface area contributed by atoms with Gasteiger partial charge in [0.1, 0.15) is 0 Å². The molecule has 1 aliphatic heterocycles. The molecular formula is C17H12N4O3. The van der Waals surface area contributed by atoms with E-state index in [2.05, 4.69) is 20.6 Å². The van der Waals surface area contributed by atoms with Crippen LogP contribution in [0.2, 0.25) is 0 Å². The molecule has 0 saturated heterocycles. The molecule has 0 fully saturated rings. The third kappa shape index (κ3) is 2.52. The van der Waals surface area contributed by atoms with Gasteiger partial charge in [-0.2, -0.15) is 0 Å². The Bertz CT molecular complexity index is 966. The highest BCUT2D eigenvalue weighted by molar-refractivity contribution is 6.11. The largest absolute Gasteiger partial charge is 0.480 e. The molecule has 7 nitrogen and oxygen atoms in total. The fourth-order valence-electron chi connectivity index (χ4n) is 2.51. The van der Waals surface area contributed by atoms with Crippen LogP contribution in [0.5, 0.6) is 5.75 Å². The Morgan fingerprint density at radius 3 is 3.00 bits per heavy atom. The highest BCUT2D eigenvalue weighted by Gasteiger charge is 2.18. The number of fused-ring (bicyclic) bond motifs is 2. The zero-order chi connectivity index (χ0) is 16.5. The number of anilines is 2. The monoisotopic (exact) mass is 320 g/mol. The molecule has 0 spiro atoms. The maximum Gasteiger partial charge on any atom is 0.263 e. The van der Waals surface area contributed by atoms with Crippen LogP contribution in [-0.4, -0.2) is 28.4 Å². The predicted molar refractivity (Wildman–Crippen MR) is 88.1 cm³/mol. The zero-order valence-electron chi connectivity index (χ0n) is 12.4. The average molecular weight is 320 g/mol. The van der Waals surface area contributed by atoms with Gasteiger partial charge in [0.05, 0.1) is 23.0 Å². The van der Waals surface area contributed by atoms with E-state index in [1.165, 1.54) is 6.20 Å². The molecule has 7 heteroatoms. The van der Waals surface area contributed by atoms with Crippen LogP contribution in [0.15, 0.2) is 48.8 Å². The molecule has 2 N–H and O–H groups in total. The van der Waals surface area contributed by atoms with Crippen molar-refractivity contribution in [2.24, 2.45) is 0 Å². The summed E-state index contributed by atoms with van der Waals surface area (Å²) in [6, 6.07) is 10.8. The predicted octanol–water partition coefficient (Wildman–Crippen LogP) is 2.21. The summed E-state index contributed by atoms with van der Waals surface area (Å²) in [5.41, 5.74) is 1.58. The third-order valence-corrected chi connectivity index (χ3v) is 3.60. The second-order valence-corrected chi connectivity index (χ2v) is 5.24. The number of hydrogen-bond donors (Lipinski definition) is 2. The molecule has 3 aromatic rings. The lowest BCUT2D eigenvalue weighted by molar-refractivity contribution is -0.118. The molecule has 1 aliphatic rings. The fraction of sp³-hybridized carbons (Fsp3) is 0.0588. The first kappa shape index (κ1) is 14.1. The van der Waals surface area contributed by atoms with Crippen LogP contribution in [0.3, 0.4) is 0 Å². The van der Waals surface area contributed by atoms with Gasteiger partial charge in [-0.25, -0.2) is 4.98 Å². The molecule has 118 valence electrons. The highest BCUT2D eigenvalue weighted by atomic mass is 16.5. The molecule has 24 heavy (non-hydrogen) atoms. The van der Waals surface area contributed by atoms with Crippen molar-refractivity contribution < 1.29 is 14.3 Å². The number of benzene rings is 1. The minimum absolute atomic E-state index is 0.0701. The Morgan fingerprint density at radius 2 is 2.08 bits per heavy atom. The van der Waals surface area contributed by atoms with Gasteiger partial charge in [0.25, 0.3) is 11.8 Å². The summed E-state index contributed by atoms with van der Waals surface area (Å²) in [4.78, 5) is 32.2. The smallest absolute Gasteiger partial charge is 0.263 e. The van der Waals surface area contributed by atoms with Crippen LogP contribution in [-0.2, 0) is 4.79 Å². The Balaban J connectivity index is 1.63. The minimum atomic E-state index is -0.291. The summed E-state index contributed by atoms with van der Waals surface area (Å²) < 4.78 is 5.30. The van der Waals surface area contributed by atoms with Crippen LogP contribution in [0.25, 0.3) is 10.9 Å². The van der Waals surface area contributed by atoms with Crippen molar-refractivity contribution in [2.45, 2.75) is 0 Å². The molecule has 0 aliphatic carbocycles. The van der Waals surface area contributed by atoms with Gasteiger partial charge < -0.3 is 15.4 Å². The van der Waals surface area contributed by atoms with E-state index in [-0.39, 0.29) is 18.4 Å². The summed E-state index contributed by atoms with van der Waals surface area (Å²) in [5.74, 6) is 0.217. The molecular weight excluding hydrogens is 308 g/mol. The van der Waals surface area contributed by atoms with Crippen molar-refractivity contribution in [1.82, 2.24) is 9.97 Å². The van der Waals surface area contributed by atoms with Crippen LogP contribution in [0, 0.1) is 0 Å². The van der Waals surface area contributed by atoms with E-state index in [0.29, 0.717) is 28.3 Å². The van der Waals surface area contributed by atoms with Gasteiger partial charge in [-0.15, -0.1) is 0 Å². The van der Waals surface area contributed by atoms with E-state index in [1.54, 1.807) is 18.3 Å². The van der Waals surface area contributed by atoms with Gasteiger partial charge in [-0.3, -0.25) is 14.6 Å². The third-order valence-electron chi connectivity index (χ3n) is 3.60. The van der Waals surface area contributed by atoms with Crippen LogP contribution < -0.4 is 15.4 Å². The molecule has 0 bridgehead atoms. The van der Waals surface area contributed by atoms with E-state index < -0.39 is 0 Å². The lowest BCUT2D eigenvalue weighted by Crippen LogP contribution is -2.26. The van der Waals surface area contributed by atoms with Crippen molar-refractivity contribution in [1.29, 1.82) is 0 Å². The number of para-hydroxylation sites is 1. The van der Waals surface area contributed by atoms with Crippen molar-refractivity contribution in [3.63, 3.8) is 0 Å². The SMILES string of the molecule is O=C1COc2cc(NC(=O)c3cccc4cccnc34)cnc2N1. The Labute approximate surface area is 136 Å². The van der Waals surface area contributed by atoms with Gasteiger partial charge in [-0.1, -0.05) is 18.2 Å². The molecule has 0 unspecified atom stereocenters. The van der Waals surface area contributed by atoms with Gasteiger partial charge in [0.2, 0.25) is 0 Å². The van der Waals surface area contributed by atoms with Crippen LogP contribution in [0.1, 0.15) is 10.4 Å². The second kappa shape index (κ2) is 5.62. The summed E-state index contributed by atoms with van der Waals surface area (Å²) in [5, 5.41) is 6.26. The first-order chi connectivity index (χ1) is 11.7. The van der Waals surface area contributed by atoms with E-state index in [4.69, 9.17) is 4.74 Å². The van der Waals surface area contributed by atoms with E-state index >= 15 is 0 Å².